The van der Waals surface area contributed by atoms with Gasteiger partial charge in [-0.25, -0.2) is 0 Å². The summed E-state index contributed by atoms with van der Waals surface area (Å²) < 4.78 is 5.21. The Bertz CT molecular complexity index is 265. The van der Waals surface area contributed by atoms with Gasteiger partial charge in [0.25, 0.3) is 0 Å². The predicted octanol–water partition coefficient (Wildman–Crippen LogP) is 1.31. The first-order chi connectivity index (χ1) is 5.77. The molecule has 2 bridgehead atoms. The van der Waals surface area contributed by atoms with E-state index in [1.54, 1.807) is 0 Å². The van der Waals surface area contributed by atoms with Crippen molar-refractivity contribution in [2.75, 3.05) is 6.61 Å². The molecule has 3 atom stereocenters. The molecule has 2 fully saturated rings. The van der Waals surface area contributed by atoms with Crippen molar-refractivity contribution in [2.45, 2.75) is 25.4 Å². The molecule has 2 heteroatoms. The van der Waals surface area contributed by atoms with Crippen molar-refractivity contribution in [1.82, 2.24) is 0 Å². The lowest BCUT2D eigenvalue weighted by atomic mass is 9.83. The number of ether oxygens (including phenoxy) is 1. The lowest BCUT2D eigenvalue weighted by molar-refractivity contribution is -0.120. The van der Waals surface area contributed by atoms with Crippen LogP contribution >= 0.6 is 0 Å². The summed E-state index contributed by atoms with van der Waals surface area (Å²) in [4.78, 5) is 11.4. The maximum atomic E-state index is 11.4. The molecule has 0 radical (unpaired) electrons. The third-order valence-electron chi connectivity index (χ3n) is 3.28. The molecule has 1 saturated heterocycles. The van der Waals surface area contributed by atoms with Crippen LogP contribution in [0.25, 0.3) is 0 Å². The molecule has 0 spiro atoms. The zero-order chi connectivity index (χ0) is 8.18. The van der Waals surface area contributed by atoms with E-state index in [1.807, 2.05) is 0 Å². The van der Waals surface area contributed by atoms with Gasteiger partial charge in [-0.1, -0.05) is 12.2 Å². The Kier molecular flexibility index (Phi) is 1.14. The van der Waals surface area contributed by atoms with Gasteiger partial charge in [0, 0.05) is 12.3 Å². The highest BCUT2D eigenvalue weighted by Gasteiger charge is 2.48. The summed E-state index contributed by atoms with van der Waals surface area (Å²) in [6.07, 6.45) is 7.71. The number of hydrogen-bond acceptors (Lipinski definition) is 2. The zero-order valence-electron chi connectivity index (χ0n) is 6.95. The Morgan fingerprint density at radius 3 is 3.00 bits per heavy atom. The maximum absolute atomic E-state index is 11.4. The van der Waals surface area contributed by atoms with Crippen LogP contribution in [0.15, 0.2) is 12.2 Å². The average molecular weight is 164 g/mol. The minimum atomic E-state index is 0.211. The average Bonchev–Trinajstić information content (AvgIpc) is 2.62. The third-order valence-corrected chi connectivity index (χ3v) is 3.28. The third kappa shape index (κ3) is 0.876. The van der Waals surface area contributed by atoms with E-state index in [1.165, 1.54) is 0 Å². The van der Waals surface area contributed by atoms with Crippen molar-refractivity contribution in [3.63, 3.8) is 0 Å². The number of hydrogen-bond donors (Lipinski definition) is 0. The molecular formula is C10H12O2. The van der Waals surface area contributed by atoms with E-state index in [2.05, 4.69) is 12.2 Å². The van der Waals surface area contributed by atoms with Crippen molar-refractivity contribution in [3.8, 4) is 0 Å². The van der Waals surface area contributed by atoms with Crippen LogP contribution < -0.4 is 0 Å². The number of Topliss-reactive ketones (excluding diaryl/α,β-unsaturated/α-hetero) is 1. The fourth-order valence-corrected chi connectivity index (χ4v) is 2.59. The lowest BCUT2D eigenvalue weighted by Crippen LogP contribution is -2.16. The largest absolute Gasteiger partial charge is 0.373 e. The lowest BCUT2D eigenvalue weighted by Gasteiger charge is -2.20. The van der Waals surface area contributed by atoms with Crippen LogP contribution in [-0.2, 0) is 9.53 Å². The van der Waals surface area contributed by atoms with Crippen molar-refractivity contribution in [2.24, 2.45) is 11.3 Å². The molecule has 12 heavy (non-hydrogen) atoms. The molecule has 0 N–H and O–H groups in total. The summed E-state index contributed by atoms with van der Waals surface area (Å²) in [6, 6.07) is 0. The fraction of sp³-hybridized carbons (Fsp3) is 0.700. The summed E-state index contributed by atoms with van der Waals surface area (Å²) in [5, 5.41) is 0. The first kappa shape index (κ1) is 6.84. The molecule has 0 aromatic carbocycles. The van der Waals surface area contributed by atoms with Gasteiger partial charge in [0.1, 0.15) is 5.78 Å². The molecule has 1 heterocycles. The van der Waals surface area contributed by atoms with E-state index in [-0.39, 0.29) is 11.3 Å². The van der Waals surface area contributed by atoms with E-state index in [4.69, 9.17) is 4.74 Å². The summed E-state index contributed by atoms with van der Waals surface area (Å²) in [5.74, 6) is 0.696. The molecule has 2 nitrogen and oxygen atoms in total. The van der Waals surface area contributed by atoms with Gasteiger partial charge in [-0.05, 0) is 18.3 Å². The smallest absolute Gasteiger partial charge is 0.140 e. The van der Waals surface area contributed by atoms with Crippen LogP contribution in [0.2, 0.25) is 0 Å². The van der Waals surface area contributed by atoms with Crippen LogP contribution in [0.3, 0.4) is 0 Å². The zero-order valence-corrected chi connectivity index (χ0v) is 6.95. The van der Waals surface area contributed by atoms with Gasteiger partial charge in [-0.3, -0.25) is 4.79 Å². The second-order valence-corrected chi connectivity index (χ2v) is 4.33. The molecule has 0 amide bonds. The SMILES string of the molecule is O=C1CC2(CC3CO3)C=CC1C2. The summed E-state index contributed by atoms with van der Waals surface area (Å²) in [5.41, 5.74) is 0.211. The number of carbonyl (C=O) groups excluding carboxylic acids is 1. The van der Waals surface area contributed by atoms with Gasteiger partial charge in [-0.2, -0.15) is 0 Å². The first-order valence-corrected chi connectivity index (χ1v) is 4.61. The second kappa shape index (κ2) is 1.99. The number of ketones is 1. The Morgan fingerprint density at radius 1 is 1.67 bits per heavy atom. The number of carbonyl (C=O) groups is 1. The molecular weight excluding hydrogens is 152 g/mol. The predicted molar refractivity (Wildman–Crippen MR) is 43.7 cm³/mol. The number of fused-ring (bicyclic) bond motifs is 2. The quantitative estimate of drug-likeness (QED) is 0.455. The molecule has 3 unspecified atom stereocenters. The number of rotatable bonds is 2. The van der Waals surface area contributed by atoms with Gasteiger partial charge in [-0.15, -0.1) is 0 Å². The van der Waals surface area contributed by atoms with Gasteiger partial charge in [0.2, 0.25) is 0 Å². The van der Waals surface area contributed by atoms with Gasteiger partial charge < -0.3 is 4.74 Å². The molecule has 1 aliphatic heterocycles. The number of epoxide rings is 1. The van der Waals surface area contributed by atoms with Crippen molar-refractivity contribution in [1.29, 1.82) is 0 Å². The standard InChI is InChI=1S/C10H12O2/c11-9-5-10(4-8-6-12-8)2-1-7(9)3-10/h1-2,7-8H,3-6H2. The summed E-state index contributed by atoms with van der Waals surface area (Å²) in [6.45, 7) is 0.911. The fourth-order valence-electron chi connectivity index (χ4n) is 2.59. The topological polar surface area (TPSA) is 29.6 Å². The van der Waals surface area contributed by atoms with Crippen LogP contribution in [0, 0.1) is 11.3 Å². The summed E-state index contributed by atoms with van der Waals surface area (Å²) >= 11 is 0. The van der Waals surface area contributed by atoms with E-state index >= 15 is 0 Å². The van der Waals surface area contributed by atoms with Crippen molar-refractivity contribution >= 4 is 5.78 Å². The number of allylic oxidation sites excluding steroid dienone is 2. The molecule has 3 aliphatic rings. The Labute approximate surface area is 71.6 Å². The summed E-state index contributed by atoms with van der Waals surface area (Å²) in [7, 11) is 0. The maximum Gasteiger partial charge on any atom is 0.140 e. The Balaban J connectivity index is 1.82. The Hall–Kier alpha value is -0.630. The highest BCUT2D eigenvalue weighted by Crippen LogP contribution is 2.51. The minimum Gasteiger partial charge on any atom is -0.373 e. The van der Waals surface area contributed by atoms with Gasteiger partial charge in [0.05, 0.1) is 12.7 Å². The van der Waals surface area contributed by atoms with Crippen LogP contribution in [0.1, 0.15) is 19.3 Å². The molecule has 3 rings (SSSR count). The first-order valence-electron chi connectivity index (χ1n) is 4.61. The van der Waals surface area contributed by atoms with Crippen LogP contribution in [-0.4, -0.2) is 18.5 Å². The molecule has 0 aromatic rings. The molecule has 2 aliphatic carbocycles. The molecule has 64 valence electrons. The van der Waals surface area contributed by atoms with E-state index in [9.17, 15) is 4.79 Å². The van der Waals surface area contributed by atoms with E-state index < -0.39 is 0 Å². The molecule has 1 saturated carbocycles. The highest BCUT2D eigenvalue weighted by atomic mass is 16.6. The van der Waals surface area contributed by atoms with E-state index in [0.717, 1.165) is 25.9 Å². The van der Waals surface area contributed by atoms with Gasteiger partial charge >= 0.3 is 0 Å². The van der Waals surface area contributed by atoms with Crippen LogP contribution in [0.5, 0.6) is 0 Å². The monoisotopic (exact) mass is 164 g/mol. The van der Waals surface area contributed by atoms with E-state index in [0.29, 0.717) is 11.9 Å². The van der Waals surface area contributed by atoms with Crippen molar-refractivity contribution in [3.05, 3.63) is 12.2 Å². The van der Waals surface area contributed by atoms with Crippen LogP contribution in [0.4, 0.5) is 0 Å². The minimum absolute atomic E-state index is 0.211. The molecule has 0 aromatic heterocycles. The Morgan fingerprint density at radius 2 is 2.50 bits per heavy atom. The van der Waals surface area contributed by atoms with Crippen molar-refractivity contribution < 1.29 is 9.53 Å². The highest BCUT2D eigenvalue weighted by molar-refractivity contribution is 5.87. The van der Waals surface area contributed by atoms with Gasteiger partial charge in [0.15, 0.2) is 0 Å². The normalized spacial score (nSPS) is 48.8. The second-order valence-electron chi connectivity index (χ2n) is 4.33.